The van der Waals surface area contributed by atoms with Gasteiger partial charge in [-0.05, 0) is 0 Å². The van der Waals surface area contributed by atoms with Gasteiger partial charge >= 0.3 is 49.5 Å². The van der Waals surface area contributed by atoms with E-state index in [2.05, 4.69) is 0 Å². The molecule has 0 spiro atoms. The van der Waals surface area contributed by atoms with Gasteiger partial charge in [-0.15, -0.1) is 0 Å². The Labute approximate surface area is 49.9 Å². The van der Waals surface area contributed by atoms with Crippen molar-refractivity contribution in [2.75, 3.05) is 0 Å². The molecular weight excluding hydrogens is 240 g/mol. The zero-order valence-electron chi connectivity index (χ0n) is 2.73. The molecule has 0 fully saturated rings. The Bertz CT molecular complexity index is 186. The molecule has 0 amide bonds. The van der Waals surface area contributed by atoms with Gasteiger partial charge in [0.15, 0.2) is 0 Å². The average molecular weight is 240 g/mol. The van der Waals surface area contributed by atoms with Gasteiger partial charge in [0.25, 0.3) is 0 Å². The van der Waals surface area contributed by atoms with Crippen LogP contribution < -0.4 is 7.87 Å². The zero-order valence-corrected chi connectivity index (χ0v) is 5.51. The number of rotatable bonds is 0. The van der Waals surface area contributed by atoms with E-state index < -0.39 is 14.2 Å². The molecule has 0 heterocycles. The topological polar surface area (TPSA) is 97.3 Å². The van der Waals surface area contributed by atoms with Gasteiger partial charge in [0.2, 0.25) is 0 Å². The van der Waals surface area contributed by atoms with E-state index in [1.54, 1.807) is 0 Å². The van der Waals surface area contributed by atoms with Crippen LogP contribution in [0, 0.1) is 0 Å². The summed E-state index contributed by atoms with van der Waals surface area (Å²) in [5, 5.41) is 0. The van der Waals surface area contributed by atoms with Gasteiger partial charge in [-0.2, -0.15) is 0 Å². The molecule has 0 N–H and O–H groups in total. The molecule has 7 heavy (non-hydrogen) atoms. The predicted octanol–water partition coefficient (Wildman–Crippen LogP) is -2.74. The Morgan fingerprint density at radius 1 is 1.00 bits per heavy atom. The molecule has 0 rings (SSSR count). The molecule has 0 unspecified atom stereocenters. The summed E-state index contributed by atoms with van der Waals surface area (Å²) < 4.78 is 43.2. The first kappa shape index (κ1) is 10.4. The van der Waals surface area contributed by atoms with Crippen molar-refractivity contribution >= 4 is 0 Å². The van der Waals surface area contributed by atoms with Crippen LogP contribution in [0.15, 0.2) is 0 Å². The molecule has 0 saturated heterocycles. The first-order valence-corrected chi connectivity index (χ1v) is 4.27. The Kier molecular flexibility index (Phi) is 2.62. The van der Waals surface area contributed by atoms with Gasteiger partial charge in [-0.1, -0.05) is 0 Å². The summed E-state index contributed by atoms with van der Waals surface area (Å²) in [6, 6.07) is 0. The summed E-state index contributed by atoms with van der Waals surface area (Å²) in [7, 11) is 0. The molecule has 5 nitrogen and oxygen atoms in total. The van der Waals surface area contributed by atoms with E-state index >= 15 is 0 Å². The molecule has 7 heteroatoms. The standard InChI is InChI=1S/Co.5O.Ru/q+2;;;;2*-1;. The van der Waals surface area contributed by atoms with E-state index in [0.29, 0.717) is 0 Å². The van der Waals surface area contributed by atoms with Crippen molar-refractivity contribution in [2.45, 2.75) is 0 Å². The van der Waals surface area contributed by atoms with E-state index in [-0.39, 0.29) is 16.8 Å². The van der Waals surface area contributed by atoms with Crippen LogP contribution in [0.25, 0.3) is 0 Å². The predicted molar refractivity (Wildman–Crippen MR) is 2.06 cm³/mol. The normalized spacial score (nSPS) is 16.0. The van der Waals surface area contributed by atoms with Crippen molar-refractivity contribution in [3.8, 4) is 0 Å². The first-order chi connectivity index (χ1) is 2.24. The molecule has 1 radical (unpaired) electrons. The fourth-order valence-electron chi connectivity index (χ4n) is 0. The van der Waals surface area contributed by atoms with E-state index in [1.165, 1.54) is 0 Å². The summed E-state index contributed by atoms with van der Waals surface area (Å²) in [4.78, 5) is 0. The van der Waals surface area contributed by atoms with Crippen LogP contribution in [0.1, 0.15) is 0 Å². The van der Waals surface area contributed by atoms with E-state index in [0.717, 1.165) is 0 Å². The third kappa shape index (κ3) is 631. The van der Waals surface area contributed by atoms with Gasteiger partial charge in [0.1, 0.15) is 0 Å². The molecule has 0 aromatic heterocycles. The van der Waals surface area contributed by atoms with Gasteiger partial charge in [0, 0.05) is 0 Å². The summed E-state index contributed by atoms with van der Waals surface area (Å²) >= 11 is -7.72. The van der Waals surface area contributed by atoms with E-state index in [1.807, 2.05) is 0 Å². The minimum atomic E-state index is -7.72. The van der Waals surface area contributed by atoms with Crippen LogP contribution >= 0.6 is 0 Å². The van der Waals surface area contributed by atoms with Crippen LogP contribution in [0.3, 0.4) is 0 Å². The minimum absolute atomic E-state index is 0. The molecule has 0 aromatic carbocycles. The van der Waals surface area contributed by atoms with Crippen LogP contribution in [0.2, 0.25) is 0 Å². The molecule has 0 bridgehead atoms. The molecular formula is CoO5Ru. The second-order valence-electron chi connectivity index (χ2n) is 0.589. The monoisotopic (exact) mass is 241 g/mol. The van der Waals surface area contributed by atoms with Gasteiger partial charge < -0.3 is 0 Å². The van der Waals surface area contributed by atoms with Crippen LogP contribution in [0.4, 0.5) is 0 Å². The molecule has 0 aromatic rings. The summed E-state index contributed by atoms with van der Waals surface area (Å²) in [5.74, 6) is 0. The van der Waals surface area contributed by atoms with Crippen molar-refractivity contribution < 1.29 is 49.5 Å². The van der Waals surface area contributed by atoms with Crippen molar-refractivity contribution in [2.24, 2.45) is 0 Å². The zero-order chi connectivity index (χ0) is 5.45. The van der Waals surface area contributed by atoms with Gasteiger partial charge in [-0.25, -0.2) is 0 Å². The van der Waals surface area contributed by atoms with E-state index in [9.17, 15) is 0 Å². The van der Waals surface area contributed by atoms with Crippen molar-refractivity contribution in [3.63, 3.8) is 0 Å². The van der Waals surface area contributed by atoms with Crippen LogP contribution in [-0.4, -0.2) is 0 Å². The second kappa shape index (κ2) is 1.75. The van der Waals surface area contributed by atoms with E-state index in [4.69, 9.17) is 18.6 Å². The third-order valence-corrected chi connectivity index (χ3v) is 0. The summed E-state index contributed by atoms with van der Waals surface area (Å²) in [6.45, 7) is 0. The maximum atomic E-state index is 8.64. The SMILES string of the molecule is [Co+2].[O]=[Ru](=[O])(=[O])([O-])[O-]. The Morgan fingerprint density at radius 3 is 1.00 bits per heavy atom. The first-order valence-electron chi connectivity index (χ1n) is 0.722. The van der Waals surface area contributed by atoms with Crippen molar-refractivity contribution in [1.82, 2.24) is 0 Å². The third-order valence-electron chi connectivity index (χ3n) is 0. The average Bonchev–Trinajstić information content (AvgIpc) is 0.650. The quantitative estimate of drug-likeness (QED) is 0.428. The second-order valence-corrected chi connectivity index (χ2v) is 3.49. The summed E-state index contributed by atoms with van der Waals surface area (Å²) in [6.07, 6.45) is 0. The van der Waals surface area contributed by atoms with Crippen molar-refractivity contribution in [3.05, 3.63) is 0 Å². The van der Waals surface area contributed by atoms with Crippen molar-refractivity contribution in [1.29, 1.82) is 0 Å². The van der Waals surface area contributed by atoms with Gasteiger partial charge in [-0.3, -0.25) is 0 Å². The Balaban J connectivity index is 0. The Morgan fingerprint density at radius 2 is 1.00 bits per heavy atom. The number of hydrogen-bond donors (Lipinski definition) is 0. The fraction of sp³-hybridized carbons (Fsp3) is 0. The molecule has 0 aliphatic heterocycles. The molecule has 0 atom stereocenters. The maximum absolute atomic E-state index is 8.64. The van der Waals surface area contributed by atoms with Gasteiger partial charge in [0.05, 0.1) is 0 Å². The summed E-state index contributed by atoms with van der Waals surface area (Å²) in [5.41, 5.74) is 0. The fourth-order valence-corrected chi connectivity index (χ4v) is 0. The Hall–Kier alpha value is 0.450. The van der Waals surface area contributed by atoms with Crippen LogP contribution in [0.5, 0.6) is 0 Å². The molecule has 0 aliphatic carbocycles. The molecule has 47 valence electrons. The van der Waals surface area contributed by atoms with Crippen LogP contribution in [-0.2, 0) is 41.7 Å². The molecule has 0 saturated carbocycles. The molecule has 0 aliphatic rings. The number of hydrogen-bond acceptors (Lipinski definition) is 5.